The maximum absolute atomic E-state index is 12.7. The van der Waals surface area contributed by atoms with E-state index in [-0.39, 0.29) is 17.6 Å². The molecule has 178 valence electrons. The van der Waals surface area contributed by atoms with Gasteiger partial charge >= 0.3 is 5.97 Å². The second-order valence-corrected chi connectivity index (χ2v) is 9.08. The van der Waals surface area contributed by atoms with E-state index in [9.17, 15) is 14.7 Å². The summed E-state index contributed by atoms with van der Waals surface area (Å²) in [6, 6.07) is 21.2. The molecule has 4 aromatic rings. The predicted octanol–water partition coefficient (Wildman–Crippen LogP) is 5.80. The Morgan fingerprint density at radius 2 is 1.77 bits per heavy atom. The Balaban J connectivity index is 1.54. The molecule has 1 heterocycles. The first-order chi connectivity index (χ1) is 17.0. The van der Waals surface area contributed by atoms with Crippen molar-refractivity contribution in [2.75, 3.05) is 7.11 Å². The zero-order valence-electron chi connectivity index (χ0n) is 19.6. The molecular formula is C29H28N2O4. The summed E-state index contributed by atoms with van der Waals surface area (Å²) in [5.74, 6) is -0.326. The molecule has 35 heavy (non-hydrogen) atoms. The van der Waals surface area contributed by atoms with Crippen LogP contribution in [0.25, 0.3) is 22.0 Å². The summed E-state index contributed by atoms with van der Waals surface area (Å²) < 4.78 is 5.36. The van der Waals surface area contributed by atoms with Gasteiger partial charge in [-0.05, 0) is 66.3 Å². The molecule has 0 bridgehead atoms. The van der Waals surface area contributed by atoms with E-state index in [2.05, 4.69) is 10.3 Å². The van der Waals surface area contributed by atoms with Gasteiger partial charge in [-0.1, -0.05) is 49.2 Å². The lowest BCUT2D eigenvalue weighted by Crippen LogP contribution is -2.32. The fourth-order valence-corrected chi connectivity index (χ4v) is 5.05. The first-order valence-corrected chi connectivity index (χ1v) is 11.9. The van der Waals surface area contributed by atoms with Gasteiger partial charge in [-0.3, -0.25) is 4.79 Å². The van der Waals surface area contributed by atoms with E-state index in [0.717, 1.165) is 59.0 Å². The van der Waals surface area contributed by atoms with Crippen LogP contribution in [-0.2, 0) is 6.42 Å². The van der Waals surface area contributed by atoms with Crippen molar-refractivity contribution < 1.29 is 19.4 Å². The summed E-state index contributed by atoms with van der Waals surface area (Å²) in [6.07, 6.45) is 4.98. The molecule has 1 amide bonds. The topological polar surface area (TPSA) is 91.4 Å². The number of fused-ring (bicyclic) bond motifs is 1. The molecule has 6 heteroatoms. The Labute approximate surface area is 203 Å². The summed E-state index contributed by atoms with van der Waals surface area (Å²) in [6.45, 7) is 0. The van der Waals surface area contributed by atoms with Gasteiger partial charge in [0.05, 0.1) is 7.11 Å². The first-order valence-electron chi connectivity index (χ1n) is 11.9. The molecule has 0 aliphatic heterocycles. The molecule has 3 N–H and O–H groups in total. The number of hydrogen-bond acceptors (Lipinski definition) is 3. The maximum Gasteiger partial charge on any atom is 0.352 e. The van der Waals surface area contributed by atoms with Crippen LogP contribution in [0.15, 0.2) is 66.7 Å². The van der Waals surface area contributed by atoms with Gasteiger partial charge in [0, 0.05) is 28.1 Å². The molecule has 1 aliphatic carbocycles. The minimum Gasteiger partial charge on any atom is -0.497 e. The van der Waals surface area contributed by atoms with E-state index < -0.39 is 5.97 Å². The number of ether oxygens (including phenoxy) is 1. The van der Waals surface area contributed by atoms with Crippen LogP contribution in [0.3, 0.4) is 0 Å². The third-order valence-corrected chi connectivity index (χ3v) is 6.78. The number of carbonyl (C=O) groups excluding carboxylic acids is 1. The summed E-state index contributed by atoms with van der Waals surface area (Å²) in [5, 5.41) is 13.9. The standard InChI is InChI=1S/C29H28N2O4/c1-35-23-10-4-6-18(17-23)16-21-7-5-11-24-25(21)26(27(31-24)29(33)34)19-12-14-20(15-13-19)28(32)30-22-8-2-3-9-22/h4-7,10-15,17,22,31H,2-3,8-9,16H2,1H3,(H,30,32)(H,33,34). The highest BCUT2D eigenvalue weighted by molar-refractivity contribution is 6.09. The number of amides is 1. The summed E-state index contributed by atoms with van der Waals surface area (Å²) in [5.41, 5.74) is 4.95. The van der Waals surface area contributed by atoms with E-state index in [1.54, 1.807) is 19.2 Å². The maximum atomic E-state index is 12.7. The molecule has 1 aromatic heterocycles. The lowest BCUT2D eigenvalue weighted by atomic mass is 9.94. The number of H-pyrrole nitrogens is 1. The SMILES string of the molecule is COc1cccc(Cc2cccc3[nH]c(C(=O)O)c(-c4ccc(C(=O)NC5CCCC5)cc4)c23)c1. The van der Waals surface area contributed by atoms with Crippen LogP contribution in [-0.4, -0.2) is 35.1 Å². The fourth-order valence-electron chi connectivity index (χ4n) is 5.05. The highest BCUT2D eigenvalue weighted by Gasteiger charge is 2.22. The monoisotopic (exact) mass is 468 g/mol. The normalized spacial score (nSPS) is 13.7. The average molecular weight is 469 g/mol. The quantitative estimate of drug-likeness (QED) is 0.319. The van der Waals surface area contributed by atoms with Gasteiger partial charge < -0.3 is 20.1 Å². The largest absolute Gasteiger partial charge is 0.497 e. The number of benzene rings is 3. The molecule has 0 atom stereocenters. The van der Waals surface area contributed by atoms with Gasteiger partial charge in [0.2, 0.25) is 0 Å². The van der Waals surface area contributed by atoms with Crippen molar-refractivity contribution in [2.24, 2.45) is 0 Å². The van der Waals surface area contributed by atoms with Crippen LogP contribution >= 0.6 is 0 Å². The van der Waals surface area contributed by atoms with Gasteiger partial charge in [0.25, 0.3) is 5.91 Å². The molecule has 5 rings (SSSR count). The third kappa shape index (κ3) is 4.64. The smallest absolute Gasteiger partial charge is 0.352 e. The molecule has 1 fully saturated rings. The Morgan fingerprint density at radius 1 is 1.03 bits per heavy atom. The third-order valence-electron chi connectivity index (χ3n) is 6.78. The average Bonchev–Trinajstić information content (AvgIpc) is 3.53. The fraction of sp³-hybridized carbons (Fsp3) is 0.241. The highest BCUT2D eigenvalue weighted by Crippen LogP contribution is 2.36. The van der Waals surface area contributed by atoms with E-state index in [0.29, 0.717) is 17.5 Å². The molecule has 0 spiro atoms. The lowest BCUT2D eigenvalue weighted by molar-refractivity contribution is 0.0692. The predicted molar refractivity (Wildman–Crippen MR) is 136 cm³/mol. The number of hydrogen-bond donors (Lipinski definition) is 3. The number of rotatable bonds is 7. The number of nitrogens with one attached hydrogen (secondary N) is 2. The zero-order valence-corrected chi connectivity index (χ0v) is 19.6. The number of carboxylic acids is 1. The molecule has 0 radical (unpaired) electrons. The van der Waals surface area contributed by atoms with Crippen LogP contribution in [0.5, 0.6) is 5.75 Å². The minimum atomic E-state index is -1.02. The van der Waals surface area contributed by atoms with Gasteiger partial charge in [-0.15, -0.1) is 0 Å². The number of aromatic amines is 1. The van der Waals surface area contributed by atoms with Gasteiger partial charge in [-0.2, -0.15) is 0 Å². The molecule has 6 nitrogen and oxygen atoms in total. The second-order valence-electron chi connectivity index (χ2n) is 9.08. The van der Waals surface area contributed by atoms with Crippen molar-refractivity contribution in [1.82, 2.24) is 10.3 Å². The number of methoxy groups -OCH3 is 1. The summed E-state index contributed by atoms with van der Waals surface area (Å²) >= 11 is 0. The van der Waals surface area contributed by atoms with E-state index in [1.807, 2.05) is 54.6 Å². The Hall–Kier alpha value is -4.06. The molecule has 0 unspecified atom stereocenters. The number of aromatic nitrogens is 1. The van der Waals surface area contributed by atoms with Crippen molar-refractivity contribution >= 4 is 22.8 Å². The molecule has 3 aromatic carbocycles. The summed E-state index contributed by atoms with van der Waals surface area (Å²) in [7, 11) is 1.64. The number of carbonyl (C=O) groups is 2. The van der Waals surface area contributed by atoms with Crippen molar-refractivity contribution in [3.05, 3.63) is 89.1 Å². The van der Waals surface area contributed by atoms with E-state index >= 15 is 0 Å². The molecular weight excluding hydrogens is 440 g/mol. The van der Waals surface area contributed by atoms with Crippen LogP contribution < -0.4 is 10.1 Å². The van der Waals surface area contributed by atoms with Crippen LogP contribution in [0, 0.1) is 0 Å². The second kappa shape index (κ2) is 9.66. The first kappa shape index (κ1) is 22.7. The van der Waals surface area contributed by atoms with Crippen LogP contribution in [0.1, 0.15) is 57.7 Å². The number of aromatic carboxylic acids is 1. The van der Waals surface area contributed by atoms with Gasteiger partial charge in [0.15, 0.2) is 0 Å². The van der Waals surface area contributed by atoms with Crippen molar-refractivity contribution in [3.8, 4) is 16.9 Å². The number of carboxylic acid groups (broad SMARTS) is 1. The zero-order chi connectivity index (χ0) is 24.4. The van der Waals surface area contributed by atoms with E-state index in [1.165, 1.54) is 0 Å². The Bertz CT molecular complexity index is 1380. The van der Waals surface area contributed by atoms with Crippen LogP contribution in [0.4, 0.5) is 0 Å². The van der Waals surface area contributed by atoms with Gasteiger partial charge in [-0.25, -0.2) is 4.79 Å². The molecule has 1 saturated carbocycles. The molecule has 0 saturated heterocycles. The van der Waals surface area contributed by atoms with Crippen molar-refractivity contribution in [3.63, 3.8) is 0 Å². The Kier molecular flexibility index (Phi) is 6.27. The van der Waals surface area contributed by atoms with Crippen LogP contribution in [0.2, 0.25) is 0 Å². The minimum absolute atomic E-state index is 0.0838. The lowest BCUT2D eigenvalue weighted by Gasteiger charge is -2.12. The van der Waals surface area contributed by atoms with E-state index in [4.69, 9.17) is 4.74 Å². The van der Waals surface area contributed by atoms with Gasteiger partial charge in [0.1, 0.15) is 11.4 Å². The molecule has 1 aliphatic rings. The van der Waals surface area contributed by atoms with Crippen molar-refractivity contribution in [2.45, 2.75) is 38.1 Å². The highest BCUT2D eigenvalue weighted by atomic mass is 16.5. The Morgan fingerprint density at radius 3 is 2.49 bits per heavy atom. The van der Waals surface area contributed by atoms with Crippen molar-refractivity contribution in [1.29, 1.82) is 0 Å². The summed E-state index contributed by atoms with van der Waals surface area (Å²) in [4.78, 5) is 27.9.